The van der Waals surface area contributed by atoms with E-state index in [4.69, 9.17) is 4.74 Å². The molecule has 0 spiro atoms. The maximum Gasteiger partial charge on any atom is 0.246 e. The Bertz CT molecular complexity index is 1360. The maximum atomic E-state index is 13.9. The van der Waals surface area contributed by atoms with Gasteiger partial charge in [-0.1, -0.05) is 12.1 Å². The minimum Gasteiger partial charge on any atom is -0.497 e. The number of aryl methyl sites for hydroxylation is 1. The lowest BCUT2D eigenvalue weighted by Gasteiger charge is -2.10. The first kappa shape index (κ1) is 22.2. The van der Waals surface area contributed by atoms with Crippen molar-refractivity contribution in [3.8, 4) is 16.9 Å². The Morgan fingerprint density at radius 1 is 0.970 bits per heavy atom. The molecule has 170 valence electrons. The highest BCUT2D eigenvalue weighted by molar-refractivity contribution is 5.96. The van der Waals surface area contributed by atoms with Gasteiger partial charge in [0.05, 0.1) is 12.8 Å². The quantitative estimate of drug-likeness (QED) is 0.264. The fraction of sp³-hybridized carbons (Fsp3) is 0.136. The normalized spacial score (nSPS) is 11.1. The summed E-state index contributed by atoms with van der Waals surface area (Å²) < 4.78 is 74.1. The maximum absolute atomic E-state index is 13.9. The summed E-state index contributed by atoms with van der Waals surface area (Å²) in [5.41, 5.74) is 0.987. The molecule has 1 amide bonds. The number of ether oxygens (including phenoxy) is 1. The van der Waals surface area contributed by atoms with Crippen molar-refractivity contribution in [3.63, 3.8) is 0 Å². The zero-order valence-corrected chi connectivity index (χ0v) is 17.2. The van der Waals surface area contributed by atoms with E-state index in [1.807, 2.05) is 12.1 Å². The molecule has 0 aliphatic heterocycles. The highest BCUT2D eigenvalue weighted by Crippen LogP contribution is 2.31. The number of hydrogen-bond donors (Lipinski definition) is 1. The van der Waals surface area contributed by atoms with E-state index in [0.29, 0.717) is 22.5 Å². The number of anilines is 1. The standard InChI is InChI=1S/C22H15F5N4O2/c1-10-15-13(11-3-5-12(33-2)6-4-11)7-8-28-22(15)31(30-10)9-14(32)29-21-19(26)17(24)16(23)18(25)20(21)27/h3-8H,9H2,1-2H3,(H,29,32). The zero-order valence-electron chi connectivity index (χ0n) is 17.2. The summed E-state index contributed by atoms with van der Waals surface area (Å²) in [6, 6.07) is 8.98. The third-order valence-corrected chi connectivity index (χ3v) is 4.98. The number of nitrogens with one attached hydrogen (secondary N) is 1. The highest BCUT2D eigenvalue weighted by atomic mass is 19.2. The smallest absolute Gasteiger partial charge is 0.246 e. The summed E-state index contributed by atoms with van der Waals surface area (Å²) in [6.45, 7) is 1.11. The summed E-state index contributed by atoms with van der Waals surface area (Å²) in [5, 5.41) is 6.62. The van der Waals surface area contributed by atoms with Gasteiger partial charge in [0.15, 0.2) is 28.9 Å². The molecule has 0 saturated carbocycles. The van der Waals surface area contributed by atoms with Gasteiger partial charge in [-0.15, -0.1) is 0 Å². The molecule has 0 radical (unpaired) electrons. The van der Waals surface area contributed by atoms with Gasteiger partial charge < -0.3 is 10.1 Å². The fourth-order valence-corrected chi connectivity index (χ4v) is 3.43. The molecule has 4 aromatic rings. The predicted octanol–water partition coefficient (Wildman–Crippen LogP) is 4.75. The Morgan fingerprint density at radius 2 is 1.58 bits per heavy atom. The van der Waals surface area contributed by atoms with Gasteiger partial charge in [0.1, 0.15) is 18.0 Å². The van der Waals surface area contributed by atoms with E-state index in [-0.39, 0.29) is 0 Å². The van der Waals surface area contributed by atoms with Crippen LogP contribution in [-0.4, -0.2) is 27.8 Å². The number of amides is 1. The monoisotopic (exact) mass is 462 g/mol. The van der Waals surface area contributed by atoms with Crippen molar-refractivity contribution in [2.75, 3.05) is 12.4 Å². The van der Waals surface area contributed by atoms with Gasteiger partial charge in [-0.3, -0.25) is 4.79 Å². The lowest BCUT2D eigenvalue weighted by Crippen LogP contribution is -2.22. The average molecular weight is 462 g/mol. The lowest BCUT2D eigenvalue weighted by atomic mass is 10.0. The largest absolute Gasteiger partial charge is 0.497 e. The van der Waals surface area contributed by atoms with Crippen molar-refractivity contribution in [2.24, 2.45) is 0 Å². The summed E-state index contributed by atoms with van der Waals surface area (Å²) in [4.78, 5) is 16.6. The second-order valence-electron chi connectivity index (χ2n) is 7.02. The van der Waals surface area contributed by atoms with Crippen molar-refractivity contribution < 1.29 is 31.5 Å². The minimum atomic E-state index is -2.31. The molecule has 6 nitrogen and oxygen atoms in total. The topological polar surface area (TPSA) is 69.0 Å². The van der Waals surface area contributed by atoms with E-state index in [9.17, 15) is 26.7 Å². The molecule has 2 aromatic carbocycles. The average Bonchev–Trinajstić information content (AvgIpc) is 3.14. The van der Waals surface area contributed by atoms with Crippen LogP contribution in [0.15, 0.2) is 36.5 Å². The van der Waals surface area contributed by atoms with E-state index in [1.54, 1.807) is 37.5 Å². The van der Waals surface area contributed by atoms with Crippen molar-refractivity contribution in [1.29, 1.82) is 0 Å². The number of benzene rings is 2. The van der Waals surface area contributed by atoms with E-state index < -0.39 is 47.2 Å². The molecule has 4 rings (SSSR count). The van der Waals surface area contributed by atoms with Crippen molar-refractivity contribution in [1.82, 2.24) is 14.8 Å². The molecule has 0 aliphatic carbocycles. The van der Waals surface area contributed by atoms with Gasteiger partial charge in [0, 0.05) is 11.6 Å². The van der Waals surface area contributed by atoms with E-state index >= 15 is 0 Å². The van der Waals surface area contributed by atoms with Crippen LogP contribution in [0.4, 0.5) is 27.6 Å². The van der Waals surface area contributed by atoms with Crippen molar-refractivity contribution in [2.45, 2.75) is 13.5 Å². The van der Waals surface area contributed by atoms with Crippen LogP contribution in [0.2, 0.25) is 0 Å². The molecule has 2 heterocycles. The molecule has 0 bridgehead atoms. The third-order valence-electron chi connectivity index (χ3n) is 4.98. The van der Waals surface area contributed by atoms with Gasteiger partial charge in [-0.2, -0.15) is 5.10 Å². The molecular weight excluding hydrogens is 447 g/mol. The number of aromatic nitrogens is 3. The number of halogens is 5. The molecule has 0 atom stereocenters. The molecule has 33 heavy (non-hydrogen) atoms. The Hall–Kier alpha value is -4.02. The predicted molar refractivity (Wildman–Crippen MR) is 109 cm³/mol. The molecule has 0 unspecified atom stereocenters. The number of nitrogens with zero attached hydrogens (tertiary/aromatic N) is 3. The Morgan fingerprint density at radius 3 is 2.18 bits per heavy atom. The molecule has 2 aromatic heterocycles. The van der Waals surface area contributed by atoms with Crippen molar-refractivity contribution in [3.05, 3.63) is 71.3 Å². The van der Waals surface area contributed by atoms with E-state index in [0.717, 1.165) is 11.1 Å². The number of fused-ring (bicyclic) bond motifs is 1. The molecule has 1 N–H and O–H groups in total. The zero-order chi connectivity index (χ0) is 23.9. The summed E-state index contributed by atoms with van der Waals surface area (Å²) >= 11 is 0. The van der Waals surface area contributed by atoms with Crippen LogP contribution in [0, 0.1) is 36.0 Å². The molecule has 0 aliphatic rings. The van der Waals surface area contributed by atoms with Crippen LogP contribution in [0.3, 0.4) is 0 Å². The van der Waals surface area contributed by atoms with Crippen LogP contribution < -0.4 is 10.1 Å². The first-order valence-electron chi connectivity index (χ1n) is 9.50. The third kappa shape index (κ3) is 3.86. The summed E-state index contributed by atoms with van der Waals surface area (Å²) in [6.07, 6.45) is 1.50. The van der Waals surface area contributed by atoms with Crippen LogP contribution in [0.5, 0.6) is 5.75 Å². The summed E-state index contributed by atoms with van der Waals surface area (Å²) in [7, 11) is 1.55. The second kappa shape index (κ2) is 8.49. The Labute approximate surface area is 183 Å². The van der Waals surface area contributed by atoms with Gasteiger partial charge >= 0.3 is 0 Å². The first-order valence-corrected chi connectivity index (χ1v) is 9.50. The number of methoxy groups -OCH3 is 1. The van der Waals surface area contributed by atoms with E-state index in [1.165, 1.54) is 10.9 Å². The number of rotatable bonds is 5. The van der Waals surface area contributed by atoms with Gasteiger partial charge in [-0.05, 0) is 36.2 Å². The van der Waals surface area contributed by atoms with Gasteiger partial charge in [0.25, 0.3) is 0 Å². The molecule has 0 fully saturated rings. The van der Waals surface area contributed by atoms with Gasteiger partial charge in [0.2, 0.25) is 11.7 Å². The Balaban J connectivity index is 1.67. The number of pyridine rings is 1. The fourth-order valence-electron chi connectivity index (χ4n) is 3.43. The van der Waals surface area contributed by atoms with E-state index in [2.05, 4.69) is 10.1 Å². The SMILES string of the molecule is COc1ccc(-c2ccnc3c2c(C)nn3CC(=O)Nc2c(F)c(F)c(F)c(F)c2F)cc1. The second-order valence-corrected chi connectivity index (χ2v) is 7.02. The summed E-state index contributed by atoms with van der Waals surface area (Å²) in [5.74, 6) is -11.3. The van der Waals surface area contributed by atoms with Crippen LogP contribution >= 0.6 is 0 Å². The Kier molecular flexibility index (Phi) is 5.71. The number of hydrogen-bond acceptors (Lipinski definition) is 4. The van der Waals surface area contributed by atoms with Crippen LogP contribution in [0.25, 0.3) is 22.2 Å². The van der Waals surface area contributed by atoms with Crippen molar-refractivity contribution >= 4 is 22.6 Å². The first-order chi connectivity index (χ1) is 15.7. The highest BCUT2D eigenvalue weighted by Gasteiger charge is 2.27. The molecule has 0 saturated heterocycles. The van der Waals surface area contributed by atoms with Crippen LogP contribution in [-0.2, 0) is 11.3 Å². The number of carbonyl (C=O) groups is 1. The lowest BCUT2D eigenvalue weighted by molar-refractivity contribution is -0.116. The molecule has 11 heteroatoms. The number of carbonyl (C=O) groups excluding carboxylic acids is 1. The molecular formula is C22H15F5N4O2. The minimum absolute atomic E-state index is 0.299. The van der Waals surface area contributed by atoms with Crippen LogP contribution in [0.1, 0.15) is 5.69 Å². The van der Waals surface area contributed by atoms with Gasteiger partial charge in [-0.25, -0.2) is 31.6 Å².